The molecule has 1 unspecified atom stereocenters. The van der Waals surface area contributed by atoms with E-state index in [1.807, 2.05) is 20.8 Å². The van der Waals surface area contributed by atoms with E-state index in [0.29, 0.717) is 29.8 Å². The van der Waals surface area contributed by atoms with Crippen LogP contribution in [-0.2, 0) is 20.7 Å². The van der Waals surface area contributed by atoms with Gasteiger partial charge in [-0.05, 0) is 45.9 Å². The lowest BCUT2D eigenvalue weighted by Crippen LogP contribution is -2.43. The van der Waals surface area contributed by atoms with Gasteiger partial charge < -0.3 is 14.2 Å². The van der Waals surface area contributed by atoms with Crippen molar-refractivity contribution in [3.05, 3.63) is 45.4 Å². The molecule has 0 radical (unpaired) electrons. The van der Waals surface area contributed by atoms with Crippen LogP contribution in [0.3, 0.4) is 0 Å². The van der Waals surface area contributed by atoms with Crippen molar-refractivity contribution in [1.82, 2.24) is 9.88 Å². The minimum atomic E-state index is -0.659. The summed E-state index contributed by atoms with van der Waals surface area (Å²) in [6.07, 6.45) is 0.140. The first-order valence-corrected chi connectivity index (χ1v) is 10.9. The number of thiazole rings is 1. The number of hydrogen-bond donors (Lipinski definition) is 0. The summed E-state index contributed by atoms with van der Waals surface area (Å²) in [6, 6.07) is 6.50. The van der Waals surface area contributed by atoms with Crippen molar-refractivity contribution in [2.24, 2.45) is 0 Å². The van der Waals surface area contributed by atoms with E-state index in [0.717, 1.165) is 10.6 Å². The summed E-state index contributed by atoms with van der Waals surface area (Å²) in [4.78, 5) is 31.8. The fourth-order valence-electron chi connectivity index (χ4n) is 3.31. The SMILES string of the molecule is CCOC(=O)COc1ccc(C#N)cc1C1c2scnc2CCN1C(=O)OC(C)(C)C. The summed E-state index contributed by atoms with van der Waals surface area (Å²) in [7, 11) is 0. The molecular formula is C22H25N3O5S. The minimum Gasteiger partial charge on any atom is -0.482 e. The Morgan fingerprint density at radius 1 is 1.35 bits per heavy atom. The van der Waals surface area contributed by atoms with E-state index in [1.54, 1.807) is 35.5 Å². The van der Waals surface area contributed by atoms with E-state index in [-0.39, 0.29) is 13.2 Å². The number of benzene rings is 1. The predicted molar refractivity (Wildman–Crippen MR) is 114 cm³/mol. The zero-order valence-electron chi connectivity index (χ0n) is 18.0. The Labute approximate surface area is 185 Å². The number of amides is 1. The molecule has 2 aromatic rings. The molecule has 0 spiro atoms. The molecular weight excluding hydrogens is 418 g/mol. The first-order valence-electron chi connectivity index (χ1n) is 9.97. The summed E-state index contributed by atoms with van der Waals surface area (Å²) >= 11 is 1.43. The number of hydrogen-bond acceptors (Lipinski definition) is 8. The molecule has 1 aromatic carbocycles. The molecule has 0 saturated heterocycles. The molecule has 1 aliphatic heterocycles. The van der Waals surface area contributed by atoms with Crippen molar-refractivity contribution in [2.75, 3.05) is 19.8 Å². The van der Waals surface area contributed by atoms with Gasteiger partial charge in [0.25, 0.3) is 0 Å². The number of carbonyl (C=O) groups excluding carboxylic acids is 2. The first kappa shape index (κ1) is 22.6. The van der Waals surface area contributed by atoms with Crippen LogP contribution in [0.25, 0.3) is 0 Å². The molecule has 3 rings (SSSR count). The Balaban J connectivity index is 2.04. The predicted octanol–water partition coefficient (Wildman–Crippen LogP) is 3.84. The van der Waals surface area contributed by atoms with Crippen LogP contribution in [0.5, 0.6) is 5.75 Å². The third-order valence-electron chi connectivity index (χ3n) is 4.53. The number of esters is 1. The number of fused-ring (bicyclic) bond motifs is 1. The molecule has 2 heterocycles. The highest BCUT2D eigenvalue weighted by atomic mass is 32.1. The smallest absolute Gasteiger partial charge is 0.411 e. The molecule has 0 saturated carbocycles. The normalized spacial score (nSPS) is 15.6. The van der Waals surface area contributed by atoms with E-state index in [4.69, 9.17) is 14.2 Å². The van der Waals surface area contributed by atoms with E-state index >= 15 is 0 Å². The number of ether oxygens (including phenoxy) is 3. The fourth-order valence-corrected chi connectivity index (χ4v) is 4.28. The Kier molecular flexibility index (Phi) is 6.81. The standard InChI is InChI=1S/C22H25N3O5S/c1-5-28-18(26)12-29-17-7-6-14(11-23)10-15(17)19-20-16(24-13-31-20)8-9-25(19)21(27)30-22(2,3)4/h6-7,10,13,19H,5,8-9,12H2,1-4H3. The summed E-state index contributed by atoms with van der Waals surface area (Å²) in [5.41, 5.74) is 2.99. The highest BCUT2D eigenvalue weighted by Crippen LogP contribution is 2.42. The van der Waals surface area contributed by atoms with Crippen molar-refractivity contribution < 1.29 is 23.8 Å². The van der Waals surface area contributed by atoms with Crippen LogP contribution in [0.2, 0.25) is 0 Å². The van der Waals surface area contributed by atoms with Gasteiger partial charge in [-0.25, -0.2) is 14.6 Å². The van der Waals surface area contributed by atoms with Gasteiger partial charge >= 0.3 is 12.1 Å². The molecule has 0 aliphatic carbocycles. The van der Waals surface area contributed by atoms with Gasteiger partial charge in [0.15, 0.2) is 6.61 Å². The average Bonchev–Trinajstić information content (AvgIpc) is 3.19. The van der Waals surface area contributed by atoms with Crippen molar-refractivity contribution in [3.63, 3.8) is 0 Å². The molecule has 0 bridgehead atoms. The van der Waals surface area contributed by atoms with Crippen LogP contribution in [-0.4, -0.2) is 47.3 Å². The van der Waals surface area contributed by atoms with Crippen LogP contribution in [0, 0.1) is 11.3 Å². The minimum absolute atomic E-state index is 0.252. The number of rotatable bonds is 5. The van der Waals surface area contributed by atoms with Crippen molar-refractivity contribution in [2.45, 2.75) is 45.8 Å². The number of nitrogens with zero attached hydrogens (tertiary/aromatic N) is 3. The molecule has 31 heavy (non-hydrogen) atoms. The van der Waals surface area contributed by atoms with Crippen LogP contribution in [0.1, 0.15) is 55.4 Å². The Morgan fingerprint density at radius 3 is 2.81 bits per heavy atom. The zero-order valence-corrected chi connectivity index (χ0v) is 18.8. The van der Waals surface area contributed by atoms with Gasteiger partial charge in [0.05, 0.1) is 34.3 Å². The van der Waals surface area contributed by atoms with Gasteiger partial charge in [-0.15, -0.1) is 11.3 Å². The number of carbonyl (C=O) groups is 2. The van der Waals surface area contributed by atoms with Gasteiger partial charge in [0.1, 0.15) is 17.4 Å². The van der Waals surface area contributed by atoms with E-state index in [1.165, 1.54) is 11.3 Å². The molecule has 1 aromatic heterocycles. The summed E-state index contributed by atoms with van der Waals surface area (Å²) in [6.45, 7) is 7.54. The quantitative estimate of drug-likeness (QED) is 0.647. The summed E-state index contributed by atoms with van der Waals surface area (Å²) in [5, 5.41) is 9.44. The van der Waals surface area contributed by atoms with Gasteiger partial charge in [-0.3, -0.25) is 4.90 Å². The maximum absolute atomic E-state index is 13.1. The average molecular weight is 444 g/mol. The lowest BCUT2D eigenvalue weighted by atomic mass is 9.95. The van der Waals surface area contributed by atoms with Crippen molar-refractivity contribution in [3.8, 4) is 11.8 Å². The molecule has 8 nitrogen and oxygen atoms in total. The van der Waals surface area contributed by atoms with E-state index in [9.17, 15) is 14.9 Å². The van der Waals surface area contributed by atoms with E-state index in [2.05, 4.69) is 11.1 Å². The van der Waals surface area contributed by atoms with Crippen LogP contribution in [0.15, 0.2) is 23.7 Å². The van der Waals surface area contributed by atoms with Gasteiger partial charge in [-0.2, -0.15) is 5.26 Å². The number of nitriles is 1. The second-order valence-electron chi connectivity index (χ2n) is 7.95. The third-order valence-corrected chi connectivity index (χ3v) is 5.46. The second-order valence-corrected chi connectivity index (χ2v) is 8.83. The molecule has 1 atom stereocenters. The molecule has 1 aliphatic rings. The Hall–Kier alpha value is -3.12. The largest absolute Gasteiger partial charge is 0.482 e. The van der Waals surface area contributed by atoms with Crippen LogP contribution < -0.4 is 4.74 Å². The van der Waals surface area contributed by atoms with Gasteiger partial charge in [-0.1, -0.05) is 0 Å². The molecule has 164 valence electrons. The van der Waals surface area contributed by atoms with Gasteiger partial charge in [0, 0.05) is 18.5 Å². The Morgan fingerprint density at radius 2 is 2.13 bits per heavy atom. The van der Waals surface area contributed by atoms with Crippen LogP contribution in [0.4, 0.5) is 4.79 Å². The maximum Gasteiger partial charge on any atom is 0.411 e. The topological polar surface area (TPSA) is 102 Å². The number of aromatic nitrogens is 1. The highest BCUT2D eigenvalue weighted by molar-refractivity contribution is 7.09. The third kappa shape index (κ3) is 5.33. The molecule has 9 heteroatoms. The second kappa shape index (κ2) is 9.35. The first-order chi connectivity index (χ1) is 14.7. The highest BCUT2D eigenvalue weighted by Gasteiger charge is 2.38. The lowest BCUT2D eigenvalue weighted by Gasteiger charge is -2.37. The zero-order chi connectivity index (χ0) is 22.6. The summed E-state index contributed by atoms with van der Waals surface area (Å²) in [5.74, 6) is -0.101. The van der Waals surface area contributed by atoms with Crippen LogP contribution >= 0.6 is 11.3 Å². The Bertz CT molecular complexity index is 1010. The van der Waals surface area contributed by atoms with E-state index < -0.39 is 23.7 Å². The molecule has 1 amide bonds. The van der Waals surface area contributed by atoms with Crippen molar-refractivity contribution >= 4 is 23.4 Å². The molecule has 0 fully saturated rings. The summed E-state index contributed by atoms with van der Waals surface area (Å²) < 4.78 is 16.3. The van der Waals surface area contributed by atoms with Gasteiger partial charge in [0.2, 0.25) is 0 Å². The van der Waals surface area contributed by atoms with Crippen molar-refractivity contribution in [1.29, 1.82) is 5.26 Å². The maximum atomic E-state index is 13.1. The monoisotopic (exact) mass is 443 g/mol. The lowest BCUT2D eigenvalue weighted by molar-refractivity contribution is -0.145. The fraction of sp³-hybridized carbons (Fsp3) is 0.455. The molecule has 0 N–H and O–H groups in total.